The van der Waals surface area contributed by atoms with Crippen LogP contribution >= 0.6 is 0 Å². The van der Waals surface area contributed by atoms with Gasteiger partial charge in [0.2, 0.25) is 0 Å². The van der Waals surface area contributed by atoms with Gasteiger partial charge in [-0.25, -0.2) is 4.79 Å². The first-order chi connectivity index (χ1) is 11.9. The van der Waals surface area contributed by atoms with Crippen molar-refractivity contribution in [1.82, 2.24) is 0 Å². The van der Waals surface area contributed by atoms with Gasteiger partial charge in [-0.2, -0.15) is 0 Å². The fourth-order valence-electron chi connectivity index (χ4n) is 2.90. The van der Waals surface area contributed by atoms with Gasteiger partial charge in [0.1, 0.15) is 5.75 Å². The molecule has 0 fully saturated rings. The van der Waals surface area contributed by atoms with Crippen molar-refractivity contribution in [3.05, 3.63) is 59.2 Å². The number of aromatic carboxylic acids is 1. The number of hydrogen-bond donors (Lipinski definition) is 1. The van der Waals surface area contributed by atoms with Crippen LogP contribution in [0.5, 0.6) is 5.75 Å². The molecule has 5 nitrogen and oxygen atoms in total. The number of carbonyl (C=O) groups is 2. The monoisotopic (exact) mass is 339 g/mol. The predicted molar refractivity (Wildman–Crippen MR) is 95.2 cm³/mol. The molecule has 1 heterocycles. The summed E-state index contributed by atoms with van der Waals surface area (Å²) in [4.78, 5) is 25.4. The van der Waals surface area contributed by atoms with Crippen molar-refractivity contribution in [3.63, 3.8) is 0 Å². The fourth-order valence-corrected chi connectivity index (χ4v) is 2.90. The number of anilines is 1. The van der Waals surface area contributed by atoms with E-state index in [0.29, 0.717) is 23.9 Å². The van der Waals surface area contributed by atoms with Crippen LogP contribution in [-0.2, 0) is 11.3 Å². The van der Waals surface area contributed by atoms with Crippen LogP contribution in [0, 0.1) is 0 Å². The Morgan fingerprint density at radius 1 is 1.20 bits per heavy atom. The highest BCUT2D eigenvalue weighted by Crippen LogP contribution is 2.36. The molecule has 5 heteroatoms. The van der Waals surface area contributed by atoms with E-state index in [0.717, 1.165) is 5.56 Å². The van der Waals surface area contributed by atoms with E-state index >= 15 is 0 Å². The number of benzene rings is 2. The Balaban J connectivity index is 1.92. The number of carboxylic acids is 1. The minimum absolute atomic E-state index is 0.136. The van der Waals surface area contributed by atoms with Crippen LogP contribution in [0.25, 0.3) is 0 Å². The van der Waals surface area contributed by atoms with Crippen LogP contribution < -0.4 is 9.64 Å². The molecule has 1 amide bonds. The first-order valence-electron chi connectivity index (χ1n) is 8.31. The topological polar surface area (TPSA) is 66.8 Å². The molecule has 1 aliphatic rings. The smallest absolute Gasteiger partial charge is 0.335 e. The summed E-state index contributed by atoms with van der Waals surface area (Å²) in [6.07, 6.45) is -0.647. The van der Waals surface area contributed by atoms with Crippen LogP contribution in [0.15, 0.2) is 42.5 Å². The Bertz CT molecular complexity index is 811. The molecule has 2 aromatic rings. The molecule has 0 aliphatic carbocycles. The largest absolute Gasteiger partial charge is 0.479 e. The van der Waals surface area contributed by atoms with Crippen molar-refractivity contribution in [2.75, 3.05) is 4.90 Å². The molecule has 1 aliphatic heterocycles. The third kappa shape index (κ3) is 3.36. The highest BCUT2D eigenvalue weighted by Gasteiger charge is 2.32. The van der Waals surface area contributed by atoms with Gasteiger partial charge in [0.15, 0.2) is 6.10 Å². The summed E-state index contributed by atoms with van der Waals surface area (Å²) >= 11 is 0. The number of nitrogens with zero attached hydrogens (tertiary/aromatic N) is 1. The molecule has 1 unspecified atom stereocenters. The van der Waals surface area contributed by atoms with E-state index in [1.807, 2.05) is 12.1 Å². The number of carboxylic acid groups (broad SMARTS) is 1. The highest BCUT2D eigenvalue weighted by molar-refractivity contribution is 6.00. The zero-order valence-electron chi connectivity index (χ0n) is 14.5. The lowest BCUT2D eigenvalue weighted by atomic mass is 10.0. The zero-order chi connectivity index (χ0) is 18.1. The van der Waals surface area contributed by atoms with Crippen molar-refractivity contribution < 1.29 is 19.4 Å². The van der Waals surface area contributed by atoms with Crippen molar-refractivity contribution >= 4 is 17.6 Å². The molecule has 2 aromatic carbocycles. The van der Waals surface area contributed by atoms with Gasteiger partial charge in [0, 0.05) is 0 Å². The lowest BCUT2D eigenvalue weighted by Gasteiger charge is -2.33. The Labute approximate surface area is 146 Å². The summed E-state index contributed by atoms with van der Waals surface area (Å²) in [6, 6.07) is 12.8. The van der Waals surface area contributed by atoms with E-state index in [9.17, 15) is 9.59 Å². The molecule has 1 N–H and O–H groups in total. The van der Waals surface area contributed by atoms with E-state index in [1.54, 1.807) is 17.9 Å². The molecule has 0 bridgehead atoms. The number of amides is 1. The maximum atomic E-state index is 12.6. The summed E-state index contributed by atoms with van der Waals surface area (Å²) in [7, 11) is 0. The number of carbonyl (C=O) groups excluding carboxylic acids is 1. The minimum Gasteiger partial charge on any atom is -0.479 e. The van der Waals surface area contributed by atoms with Crippen molar-refractivity contribution in [1.29, 1.82) is 0 Å². The second-order valence-electron chi connectivity index (χ2n) is 6.57. The van der Waals surface area contributed by atoms with Crippen LogP contribution in [0.4, 0.5) is 5.69 Å². The molecule has 25 heavy (non-hydrogen) atoms. The maximum absolute atomic E-state index is 12.6. The van der Waals surface area contributed by atoms with Gasteiger partial charge in [-0.15, -0.1) is 0 Å². The number of hydrogen-bond acceptors (Lipinski definition) is 3. The van der Waals surface area contributed by atoms with Gasteiger partial charge < -0.3 is 14.7 Å². The number of rotatable bonds is 4. The number of fused-ring (bicyclic) bond motifs is 1. The Morgan fingerprint density at radius 3 is 2.48 bits per heavy atom. The van der Waals surface area contributed by atoms with E-state index in [-0.39, 0.29) is 11.5 Å². The van der Waals surface area contributed by atoms with E-state index in [1.165, 1.54) is 17.7 Å². The standard InChI is InChI=1S/C20H21NO4/c1-12(2)15-6-4-14(5-7-15)11-21-17-9-8-16(20(23)24)10-18(17)25-13(3)19(21)22/h4-10,12-13H,11H2,1-3H3,(H,23,24). The van der Waals surface area contributed by atoms with Gasteiger partial charge in [-0.3, -0.25) is 4.79 Å². The maximum Gasteiger partial charge on any atom is 0.335 e. The lowest BCUT2D eigenvalue weighted by Crippen LogP contribution is -2.44. The van der Waals surface area contributed by atoms with Crippen LogP contribution in [0.1, 0.15) is 48.2 Å². The van der Waals surface area contributed by atoms with Crippen molar-refractivity contribution in [2.24, 2.45) is 0 Å². The summed E-state index contributed by atoms with van der Waals surface area (Å²) in [5, 5.41) is 9.14. The van der Waals surface area contributed by atoms with E-state index in [4.69, 9.17) is 9.84 Å². The molecule has 0 aromatic heterocycles. The molecule has 0 saturated carbocycles. The van der Waals surface area contributed by atoms with Gasteiger partial charge >= 0.3 is 5.97 Å². The molecule has 0 saturated heterocycles. The average Bonchev–Trinajstić information content (AvgIpc) is 2.58. The molecule has 1 atom stereocenters. The summed E-state index contributed by atoms with van der Waals surface area (Å²) in [5.41, 5.74) is 3.00. The zero-order valence-corrected chi connectivity index (χ0v) is 14.5. The molecular formula is C20H21NO4. The molecule has 0 radical (unpaired) electrons. The van der Waals surface area contributed by atoms with Gasteiger partial charge in [0.05, 0.1) is 17.8 Å². The Morgan fingerprint density at radius 2 is 1.88 bits per heavy atom. The summed E-state index contributed by atoms with van der Waals surface area (Å²) in [5.74, 6) is -0.282. The third-order valence-electron chi connectivity index (χ3n) is 4.40. The normalized spacial score (nSPS) is 16.6. The van der Waals surface area contributed by atoms with E-state index < -0.39 is 12.1 Å². The quantitative estimate of drug-likeness (QED) is 0.919. The van der Waals surface area contributed by atoms with Crippen LogP contribution in [0.2, 0.25) is 0 Å². The molecular weight excluding hydrogens is 318 g/mol. The van der Waals surface area contributed by atoms with E-state index in [2.05, 4.69) is 26.0 Å². The van der Waals surface area contributed by atoms with Crippen LogP contribution in [-0.4, -0.2) is 23.1 Å². The minimum atomic E-state index is -1.02. The highest BCUT2D eigenvalue weighted by atomic mass is 16.5. The first kappa shape index (κ1) is 17.0. The first-order valence-corrected chi connectivity index (χ1v) is 8.31. The van der Waals surface area contributed by atoms with Crippen molar-refractivity contribution in [3.8, 4) is 5.75 Å². The third-order valence-corrected chi connectivity index (χ3v) is 4.40. The SMILES string of the molecule is CC1Oc2cc(C(=O)O)ccc2N(Cc2ccc(C(C)C)cc2)C1=O. The molecule has 3 rings (SSSR count). The second kappa shape index (κ2) is 6.59. The Kier molecular flexibility index (Phi) is 4.49. The predicted octanol–water partition coefficient (Wildman–Crippen LogP) is 3.82. The molecule has 130 valence electrons. The van der Waals surface area contributed by atoms with Crippen molar-refractivity contribution in [2.45, 2.75) is 39.3 Å². The summed E-state index contributed by atoms with van der Waals surface area (Å²) in [6.45, 7) is 6.37. The van der Waals surface area contributed by atoms with Gasteiger partial charge in [-0.1, -0.05) is 38.1 Å². The second-order valence-corrected chi connectivity index (χ2v) is 6.57. The van der Waals surface area contributed by atoms with Gasteiger partial charge in [-0.05, 0) is 42.2 Å². The molecule has 0 spiro atoms. The Hall–Kier alpha value is -2.82. The van der Waals surface area contributed by atoms with Gasteiger partial charge in [0.25, 0.3) is 5.91 Å². The summed E-state index contributed by atoms with van der Waals surface area (Å²) < 4.78 is 5.60. The fraction of sp³-hybridized carbons (Fsp3) is 0.300. The average molecular weight is 339 g/mol. The lowest BCUT2D eigenvalue weighted by molar-refractivity contribution is -0.125. The van der Waals surface area contributed by atoms with Crippen LogP contribution in [0.3, 0.4) is 0 Å². The number of ether oxygens (including phenoxy) is 1.